The van der Waals surface area contributed by atoms with Crippen molar-refractivity contribution in [3.63, 3.8) is 0 Å². The van der Waals surface area contributed by atoms with Crippen LogP contribution in [-0.2, 0) is 26.2 Å². The highest BCUT2D eigenvalue weighted by molar-refractivity contribution is 7.89. The van der Waals surface area contributed by atoms with Crippen LogP contribution in [0.1, 0.15) is 19.4 Å². The number of hydrogen-bond acceptors (Lipinski definition) is 5. The van der Waals surface area contributed by atoms with Crippen molar-refractivity contribution in [2.24, 2.45) is 0 Å². The van der Waals surface area contributed by atoms with Gasteiger partial charge in [0.15, 0.2) is 0 Å². The third kappa shape index (κ3) is 6.39. The molecule has 0 radical (unpaired) electrons. The minimum absolute atomic E-state index is 0.0876. The van der Waals surface area contributed by atoms with Gasteiger partial charge in [-0.2, -0.15) is 4.31 Å². The molecule has 31 heavy (non-hydrogen) atoms. The number of halogens is 1. The van der Waals surface area contributed by atoms with Gasteiger partial charge in [0, 0.05) is 25.4 Å². The number of anilines is 1. The molecule has 0 saturated carbocycles. The van der Waals surface area contributed by atoms with Crippen molar-refractivity contribution in [1.82, 2.24) is 14.2 Å². The summed E-state index contributed by atoms with van der Waals surface area (Å²) in [5.41, 5.74) is 0.813. The van der Waals surface area contributed by atoms with Crippen LogP contribution < -0.4 is 16.2 Å². The molecule has 11 heteroatoms. The van der Waals surface area contributed by atoms with Gasteiger partial charge in [0.25, 0.3) is 5.56 Å². The van der Waals surface area contributed by atoms with Gasteiger partial charge in [-0.25, -0.2) is 8.42 Å². The number of sulfonamides is 1. The molecule has 0 aliphatic heterocycles. The van der Waals surface area contributed by atoms with Crippen LogP contribution in [0.2, 0.25) is 5.02 Å². The average molecular weight is 469 g/mol. The van der Waals surface area contributed by atoms with Crippen molar-refractivity contribution in [2.75, 3.05) is 25.0 Å². The number of nitrogens with zero attached hydrogens (tertiary/aromatic N) is 2. The summed E-state index contributed by atoms with van der Waals surface area (Å²) in [7, 11) is -3.78. The lowest BCUT2D eigenvalue weighted by atomic mass is 10.2. The highest BCUT2D eigenvalue weighted by atomic mass is 35.5. The van der Waals surface area contributed by atoms with Gasteiger partial charge < -0.3 is 15.2 Å². The molecule has 0 aliphatic rings. The van der Waals surface area contributed by atoms with E-state index in [0.29, 0.717) is 10.7 Å². The van der Waals surface area contributed by atoms with Gasteiger partial charge in [-0.3, -0.25) is 14.4 Å². The fraction of sp³-hybridized carbons (Fsp3) is 0.350. The molecule has 0 unspecified atom stereocenters. The second-order valence-corrected chi connectivity index (χ2v) is 9.07. The zero-order valence-corrected chi connectivity index (χ0v) is 19.1. The number of nitrogens with one attached hydrogen (secondary N) is 2. The smallest absolute Gasteiger partial charge is 0.251 e. The number of benzene rings is 1. The van der Waals surface area contributed by atoms with Crippen LogP contribution in [0.3, 0.4) is 0 Å². The van der Waals surface area contributed by atoms with Crippen LogP contribution in [0.15, 0.2) is 46.2 Å². The summed E-state index contributed by atoms with van der Waals surface area (Å²) in [5, 5.41) is 5.35. The second kappa shape index (κ2) is 10.6. The average Bonchev–Trinajstić information content (AvgIpc) is 2.71. The number of aromatic nitrogens is 1. The first-order valence-electron chi connectivity index (χ1n) is 9.61. The molecule has 0 bridgehead atoms. The Bertz CT molecular complexity index is 1130. The molecule has 9 nitrogen and oxygen atoms in total. The van der Waals surface area contributed by atoms with E-state index in [1.165, 1.54) is 10.4 Å². The van der Waals surface area contributed by atoms with Crippen molar-refractivity contribution < 1.29 is 18.0 Å². The fourth-order valence-electron chi connectivity index (χ4n) is 2.80. The van der Waals surface area contributed by atoms with Gasteiger partial charge in [0.1, 0.15) is 6.54 Å². The molecule has 2 amide bonds. The maximum absolute atomic E-state index is 12.6. The van der Waals surface area contributed by atoms with E-state index in [2.05, 4.69) is 10.6 Å². The van der Waals surface area contributed by atoms with Gasteiger partial charge in [-0.05, 0) is 30.7 Å². The molecule has 0 atom stereocenters. The molecule has 2 aromatic rings. The van der Waals surface area contributed by atoms with E-state index in [-0.39, 0.29) is 24.5 Å². The summed E-state index contributed by atoms with van der Waals surface area (Å²) >= 11 is 6.06. The lowest BCUT2D eigenvalue weighted by molar-refractivity contribution is -0.124. The summed E-state index contributed by atoms with van der Waals surface area (Å²) in [6, 6.07) is 7.44. The zero-order chi connectivity index (χ0) is 23.2. The number of pyridine rings is 1. The first-order valence-corrected chi connectivity index (χ1v) is 11.4. The molecule has 1 heterocycles. The second-order valence-electron chi connectivity index (χ2n) is 6.73. The molecule has 2 N–H and O–H groups in total. The molecular formula is C20H25ClN4O5S. The summed E-state index contributed by atoms with van der Waals surface area (Å²) in [6.45, 7) is 5.06. The lowest BCUT2D eigenvalue weighted by Gasteiger charge is -2.19. The maximum Gasteiger partial charge on any atom is 0.251 e. The first kappa shape index (κ1) is 24.6. The first-order chi connectivity index (χ1) is 14.6. The van der Waals surface area contributed by atoms with Crippen molar-refractivity contribution in [3.05, 3.63) is 57.5 Å². The van der Waals surface area contributed by atoms with E-state index in [4.69, 9.17) is 11.6 Å². The number of carbonyl (C=O) groups excluding carboxylic acids is 2. The van der Waals surface area contributed by atoms with Crippen LogP contribution in [0, 0.1) is 6.92 Å². The summed E-state index contributed by atoms with van der Waals surface area (Å²) in [4.78, 5) is 36.2. The fourth-order valence-corrected chi connectivity index (χ4v) is 4.56. The van der Waals surface area contributed by atoms with E-state index >= 15 is 0 Å². The summed E-state index contributed by atoms with van der Waals surface area (Å²) in [6.07, 6.45) is 1.13. The largest absolute Gasteiger partial charge is 0.345 e. The standard InChI is InChI=1S/C20H25ClN4O5S/c1-4-25(5-2)31(29,30)15-7-9-20(28)24(12-15)13-19(27)22-11-18(26)23-17-8-6-14(3)10-16(17)21/h6-10,12H,4-5,11,13H2,1-3H3,(H,22,27)(H,23,26). The Labute approximate surface area is 186 Å². The highest BCUT2D eigenvalue weighted by Gasteiger charge is 2.22. The number of amides is 2. The Morgan fingerprint density at radius 1 is 1.10 bits per heavy atom. The van der Waals surface area contributed by atoms with Crippen molar-refractivity contribution in [1.29, 1.82) is 0 Å². The normalized spacial score (nSPS) is 11.4. The van der Waals surface area contributed by atoms with Gasteiger partial charge in [-0.15, -0.1) is 0 Å². The van der Waals surface area contributed by atoms with E-state index in [9.17, 15) is 22.8 Å². The maximum atomic E-state index is 12.6. The molecule has 1 aromatic carbocycles. The molecule has 0 spiro atoms. The van der Waals surface area contributed by atoms with Crippen LogP contribution in [0.4, 0.5) is 5.69 Å². The number of aryl methyl sites for hydroxylation is 1. The predicted octanol–water partition coefficient (Wildman–Crippen LogP) is 1.60. The Balaban J connectivity index is 2.03. The topological polar surface area (TPSA) is 118 Å². The van der Waals surface area contributed by atoms with Crippen LogP contribution >= 0.6 is 11.6 Å². The Morgan fingerprint density at radius 2 is 1.77 bits per heavy atom. The molecule has 1 aromatic heterocycles. The van der Waals surface area contributed by atoms with E-state index in [1.807, 2.05) is 6.92 Å². The van der Waals surface area contributed by atoms with Gasteiger partial charge in [0.05, 0.1) is 22.2 Å². The van der Waals surface area contributed by atoms with Crippen molar-refractivity contribution in [2.45, 2.75) is 32.2 Å². The lowest BCUT2D eigenvalue weighted by Crippen LogP contribution is -2.37. The Kier molecular flexibility index (Phi) is 8.37. The molecule has 168 valence electrons. The molecular weight excluding hydrogens is 444 g/mol. The molecule has 2 rings (SSSR count). The number of hydrogen-bond donors (Lipinski definition) is 2. The van der Waals surface area contributed by atoms with Crippen LogP contribution in [0.25, 0.3) is 0 Å². The van der Waals surface area contributed by atoms with Crippen molar-refractivity contribution >= 4 is 39.1 Å². The van der Waals surface area contributed by atoms with Gasteiger partial charge in [0.2, 0.25) is 21.8 Å². The van der Waals surface area contributed by atoms with E-state index < -0.39 is 33.9 Å². The summed E-state index contributed by atoms with van der Waals surface area (Å²) in [5.74, 6) is -1.12. The summed E-state index contributed by atoms with van der Waals surface area (Å²) < 4.78 is 27.5. The minimum Gasteiger partial charge on any atom is -0.345 e. The highest BCUT2D eigenvalue weighted by Crippen LogP contribution is 2.22. The Hall–Kier alpha value is -2.69. The quantitative estimate of drug-likeness (QED) is 0.579. The molecule has 0 saturated heterocycles. The van der Waals surface area contributed by atoms with Crippen molar-refractivity contribution in [3.8, 4) is 0 Å². The van der Waals surface area contributed by atoms with E-state index in [1.54, 1.807) is 32.0 Å². The van der Waals surface area contributed by atoms with Gasteiger partial charge >= 0.3 is 0 Å². The Morgan fingerprint density at radius 3 is 2.39 bits per heavy atom. The monoisotopic (exact) mass is 468 g/mol. The molecule has 0 aliphatic carbocycles. The third-order valence-electron chi connectivity index (χ3n) is 4.46. The third-order valence-corrected chi connectivity index (χ3v) is 6.80. The minimum atomic E-state index is -3.78. The zero-order valence-electron chi connectivity index (χ0n) is 17.5. The molecule has 0 fully saturated rings. The SMILES string of the molecule is CCN(CC)S(=O)(=O)c1ccc(=O)n(CC(=O)NCC(=O)Nc2ccc(C)cc2Cl)c1. The predicted molar refractivity (Wildman–Crippen MR) is 119 cm³/mol. The van der Waals surface area contributed by atoms with Crippen LogP contribution in [-0.4, -0.2) is 48.7 Å². The van der Waals surface area contributed by atoms with Gasteiger partial charge in [-0.1, -0.05) is 31.5 Å². The van der Waals surface area contributed by atoms with Crippen LogP contribution in [0.5, 0.6) is 0 Å². The van der Waals surface area contributed by atoms with E-state index in [0.717, 1.165) is 22.4 Å². The number of rotatable bonds is 9. The number of carbonyl (C=O) groups is 2.